The lowest BCUT2D eigenvalue weighted by Crippen LogP contribution is -2.24. The number of benzene rings is 2. The van der Waals surface area contributed by atoms with Gasteiger partial charge in [-0.2, -0.15) is 5.10 Å². The third-order valence-electron chi connectivity index (χ3n) is 5.18. The van der Waals surface area contributed by atoms with Crippen LogP contribution >= 0.6 is 0 Å². The fourth-order valence-corrected chi connectivity index (χ4v) is 3.51. The van der Waals surface area contributed by atoms with Gasteiger partial charge in [-0.3, -0.25) is 4.79 Å². The number of ether oxygens (including phenoxy) is 2. The van der Waals surface area contributed by atoms with E-state index in [9.17, 15) is 9.59 Å². The minimum Gasteiger partial charge on any atom is -0.484 e. The van der Waals surface area contributed by atoms with Gasteiger partial charge in [0.2, 0.25) is 0 Å². The molecule has 0 spiro atoms. The average molecular weight is 463 g/mol. The fraction of sp³-hybridized carbons (Fsp3) is 0.269. The van der Waals surface area contributed by atoms with Gasteiger partial charge in [0.05, 0.1) is 18.4 Å². The van der Waals surface area contributed by atoms with Crippen LogP contribution in [0, 0.1) is 13.8 Å². The first-order valence-corrected chi connectivity index (χ1v) is 11.0. The van der Waals surface area contributed by atoms with Crippen LogP contribution in [-0.2, 0) is 9.53 Å². The van der Waals surface area contributed by atoms with E-state index in [4.69, 9.17) is 9.47 Å². The second-order valence-corrected chi connectivity index (χ2v) is 7.91. The molecule has 2 aromatic carbocycles. The summed E-state index contributed by atoms with van der Waals surface area (Å²) in [5, 5.41) is 4.08. The molecule has 8 nitrogen and oxygen atoms in total. The number of hydrogen-bond donors (Lipinski definition) is 1. The van der Waals surface area contributed by atoms with Gasteiger partial charge in [-0.25, -0.2) is 10.2 Å². The Morgan fingerprint density at radius 2 is 1.85 bits per heavy atom. The van der Waals surface area contributed by atoms with Crippen molar-refractivity contribution in [2.75, 3.05) is 32.2 Å². The first kappa shape index (κ1) is 24.6. The normalized spacial score (nSPS) is 10.9. The molecule has 0 aliphatic rings. The van der Waals surface area contributed by atoms with Gasteiger partial charge in [0.1, 0.15) is 5.75 Å². The second-order valence-electron chi connectivity index (χ2n) is 7.91. The lowest BCUT2D eigenvalue weighted by Gasteiger charge is -2.13. The third-order valence-corrected chi connectivity index (χ3v) is 5.18. The highest BCUT2D eigenvalue weighted by Crippen LogP contribution is 2.21. The van der Waals surface area contributed by atoms with Crippen molar-refractivity contribution in [3.8, 4) is 11.4 Å². The molecule has 1 amide bonds. The summed E-state index contributed by atoms with van der Waals surface area (Å²) < 4.78 is 12.7. The van der Waals surface area contributed by atoms with Crippen molar-refractivity contribution in [3.05, 3.63) is 77.1 Å². The van der Waals surface area contributed by atoms with E-state index < -0.39 is 0 Å². The monoisotopic (exact) mass is 462 g/mol. The number of aromatic nitrogens is 1. The van der Waals surface area contributed by atoms with Crippen LogP contribution in [0.25, 0.3) is 5.69 Å². The third kappa shape index (κ3) is 6.04. The molecule has 34 heavy (non-hydrogen) atoms. The van der Waals surface area contributed by atoms with E-state index in [2.05, 4.69) is 10.5 Å². The Morgan fingerprint density at radius 1 is 1.09 bits per heavy atom. The molecule has 3 rings (SSSR count). The average Bonchev–Trinajstić information content (AvgIpc) is 3.11. The molecule has 0 aliphatic carbocycles. The van der Waals surface area contributed by atoms with Crippen molar-refractivity contribution >= 4 is 23.8 Å². The molecule has 0 bridgehead atoms. The number of nitrogens with one attached hydrogen (secondary N) is 1. The summed E-state index contributed by atoms with van der Waals surface area (Å²) in [4.78, 5) is 26.2. The van der Waals surface area contributed by atoms with E-state index in [1.54, 1.807) is 31.3 Å². The number of hydrazone groups is 1. The maximum absolute atomic E-state index is 12.1. The standard InChI is InChI=1S/C26H30N4O4/c1-6-33-26(32)20-9-7-11-23(14-20)30-18(2)13-21(19(30)3)16-27-28-25(31)17-34-24-12-8-10-22(15-24)29(4)5/h7-16H,6,17H2,1-5H3,(H,28,31)/b27-16+. The number of anilines is 1. The van der Waals surface area contributed by atoms with Crippen LogP contribution in [-0.4, -0.2) is 50.0 Å². The number of nitrogens with zero attached hydrogens (tertiary/aromatic N) is 3. The lowest BCUT2D eigenvalue weighted by molar-refractivity contribution is -0.123. The van der Waals surface area contributed by atoms with Crippen molar-refractivity contribution in [3.63, 3.8) is 0 Å². The summed E-state index contributed by atoms with van der Waals surface area (Å²) in [6, 6.07) is 16.7. The van der Waals surface area contributed by atoms with Gasteiger partial charge in [-0.15, -0.1) is 0 Å². The highest BCUT2D eigenvalue weighted by molar-refractivity contribution is 5.90. The summed E-state index contributed by atoms with van der Waals surface area (Å²) in [7, 11) is 3.88. The number of esters is 1. The smallest absolute Gasteiger partial charge is 0.338 e. The number of amides is 1. The first-order valence-electron chi connectivity index (χ1n) is 11.0. The van der Waals surface area contributed by atoms with Gasteiger partial charge in [0, 0.05) is 48.5 Å². The SMILES string of the molecule is CCOC(=O)c1cccc(-n2c(C)cc(/C=N/NC(=O)COc3cccc(N(C)C)c3)c2C)c1. The summed E-state index contributed by atoms with van der Waals surface area (Å²) in [5.74, 6) is -0.103. The molecule has 3 aromatic rings. The first-order chi connectivity index (χ1) is 16.3. The van der Waals surface area contributed by atoms with Crippen molar-refractivity contribution in [2.24, 2.45) is 5.10 Å². The zero-order valence-electron chi connectivity index (χ0n) is 20.2. The molecule has 0 saturated heterocycles. The van der Waals surface area contributed by atoms with Crippen LogP contribution in [0.1, 0.15) is 34.2 Å². The van der Waals surface area contributed by atoms with Crippen molar-refractivity contribution in [1.82, 2.24) is 9.99 Å². The predicted molar refractivity (Wildman–Crippen MR) is 133 cm³/mol. The molecule has 0 fully saturated rings. The quantitative estimate of drug-likeness (QED) is 0.296. The van der Waals surface area contributed by atoms with E-state index in [1.165, 1.54) is 0 Å². The van der Waals surface area contributed by atoms with Crippen LogP contribution < -0.4 is 15.1 Å². The Kier molecular flexibility index (Phi) is 8.08. The molecule has 0 unspecified atom stereocenters. The van der Waals surface area contributed by atoms with Gasteiger partial charge in [0.25, 0.3) is 5.91 Å². The Balaban J connectivity index is 1.65. The molecule has 1 N–H and O–H groups in total. The molecular weight excluding hydrogens is 432 g/mol. The van der Waals surface area contributed by atoms with Gasteiger partial charge < -0.3 is 18.9 Å². The van der Waals surface area contributed by atoms with Crippen LogP contribution in [0.2, 0.25) is 0 Å². The van der Waals surface area contributed by atoms with Crippen molar-refractivity contribution < 1.29 is 19.1 Å². The Labute approximate surface area is 199 Å². The molecule has 0 aliphatic heterocycles. The van der Waals surface area contributed by atoms with Crippen LogP contribution in [0.5, 0.6) is 5.75 Å². The van der Waals surface area contributed by atoms with Crippen molar-refractivity contribution in [2.45, 2.75) is 20.8 Å². The number of carbonyl (C=O) groups is 2. The number of aryl methyl sites for hydroxylation is 1. The van der Waals surface area contributed by atoms with Gasteiger partial charge in [-0.05, 0) is 57.2 Å². The lowest BCUT2D eigenvalue weighted by atomic mass is 10.2. The van der Waals surface area contributed by atoms with E-state index in [1.807, 2.05) is 73.8 Å². The van der Waals surface area contributed by atoms with Crippen molar-refractivity contribution in [1.29, 1.82) is 0 Å². The zero-order chi connectivity index (χ0) is 24.7. The maximum Gasteiger partial charge on any atom is 0.338 e. The van der Waals surface area contributed by atoms with Gasteiger partial charge in [0.15, 0.2) is 6.61 Å². The molecule has 0 radical (unpaired) electrons. The topological polar surface area (TPSA) is 85.2 Å². The molecule has 8 heteroatoms. The Bertz CT molecular complexity index is 1200. The number of rotatable bonds is 9. The minimum atomic E-state index is -0.359. The van der Waals surface area contributed by atoms with Gasteiger partial charge >= 0.3 is 5.97 Å². The highest BCUT2D eigenvalue weighted by atomic mass is 16.5. The fourth-order valence-electron chi connectivity index (χ4n) is 3.51. The summed E-state index contributed by atoms with van der Waals surface area (Å²) in [6.07, 6.45) is 1.60. The zero-order valence-corrected chi connectivity index (χ0v) is 20.2. The Morgan fingerprint density at radius 3 is 2.59 bits per heavy atom. The molecule has 0 saturated carbocycles. The number of hydrogen-bond acceptors (Lipinski definition) is 6. The van der Waals surface area contributed by atoms with Crippen LogP contribution in [0.3, 0.4) is 0 Å². The Hall–Kier alpha value is -4.07. The summed E-state index contributed by atoms with van der Waals surface area (Å²) in [5.41, 5.74) is 7.56. The number of carbonyl (C=O) groups excluding carboxylic acids is 2. The van der Waals surface area contributed by atoms with E-state index >= 15 is 0 Å². The molecule has 0 atom stereocenters. The highest BCUT2D eigenvalue weighted by Gasteiger charge is 2.13. The van der Waals surface area contributed by atoms with Gasteiger partial charge in [-0.1, -0.05) is 12.1 Å². The second kappa shape index (κ2) is 11.2. The van der Waals surface area contributed by atoms with E-state index in [0.717, 1.165) is 28.3 Å². The predicted octanol–water partition coefficient (Wildman–Crippen LogP) is 3.87. The maximum atomic E-state index is 12.1. The van der Waals surface area contributed by atoms with E-state index in [-0.39, 0.29) is 18.5 Å². The van der Waals surface area contributed by atoms with Crippen LogP contribution in [0.4, 0.5) is 5.69 Å². The largest absolute Gasteiger partial charge is 0.484 e. The summed E-state index contributed by atoms with van der Waals surface area (Å²) in [6.45, 7) is 5.88. The summed E-state index contributed by atoms with van der Waals surface area (Å²) >= 11 is 0. The van der Waals surface area contributed by atoms with Crippen LogP contribution in [0.15, 0.2) is 59.7 Å². The molecular formula is C26H30N4O4. The molecule has 178 valence electrons. The minimum absolute atomic E-state index is 0.145. The molecule has 1 aromatic heterocycles. The van der Waals surface area contributed by atoms with E-state index in [0.29, 0.717) is 17.9 Å². The molecule has 1 heterocycles.